The van der Waals surface area contributed by atoms with E-state index in [1.54, 1.807) is 31.1 Å². The quantitative estimate of drug-likeness (QED) is 0.363. The highest BCUT2D eigenvalue weighted by molar-refractivity contribution is 6.66. The molecule has 0 N–H and O–H groups in total. The molecule has 0 spiro atoms. The van der Waals surface area contributed by atoms with E-state index in [9.17, 15) is 9.59 Å². The smallest absolute Gasteiger partial charge is 0.381 e. The molecule has 0 amide bonds. The van der Waals surface area contributed by atoms with Crippen molar-refractivity contribution in [3.8, 4) is 0 Å². The zero-order chi connectivity index (χ0) is 16.9. The molecule has 22 heavy (non-hydrogen) atoms. The van der Waals surface area contributed by atoms with Crippen LogP contribution < -0.4 is 0 Å². The number of rotatable bonds is 5. The van der Waals surface area contributed by atoms with E-state index in [2.05, 4.69) is 5.10 Å². The van der Waals surface area contributed by atoms with Crippen LogP contribution in [0.25, 0.3) is 0 Å². The maximum Gasteiger partial charge on any atom is 0.381 e. The van der Waals surface area contributed by atoms with Gasteiger partial charge in [0, 0.05) is 18.2 Å². The van der Waals surface area contributed by atoms with Crippen LogP contribution in [-0.4, -0.2) is 41.7 Å². The van der Waals surface area contributed by atoms with Gasteiger partial charge in [-0.2, -0.15) is 5.10 Å². The van der Waals surface area contributed by atoms with Gasteiger partial charge in [-0.1, -0.05) is 29.8 Å². The van der Waals surface area contributed by atoms with Crippen molar-refractivity contribution in [2.75, 3.05) is 13.7 Å². The van der Waals surface area contributed by atoms with Crippen molar-refractivity contribution in [2.24, 2.45) is 5.10 Å². The predicted octanol–water partition coefficient (Wildman–Crippen LogP) is 2.56. The predicted molar refractivity (Wildman–Crippen MR) is 86.9 cm³/mol. The first-order valence-electron chi connectivity index (χ1n) is 7.27. The van der Waals surface area contributed by atoms with Gasteiger partial charge < -0.3 is 4.74 Å². The van der Waals surface area contributed by atoms with E-state index in [0.29, 0.717) is 5.56 Å². The summed E-state index contributed by atoms with van der Waals surface area (Å²) in [6, 6.07) is 7.31. The van der Waals surface area contributed by atoms with Gasteiger partial charge in [0.05, 0.1) is 6.61 Å². The molecule has 0 saturated carbocycles. The number of carbonyl (C=O) groups excluding carboxylic acids is 2. The lowest BCUT2D eigenvalue weighted by atomic mass is 10.0. The van der Waals surface area contributed by atoms with Crippen LogP contribution in [0.2, 0.25) is 0 Å². The first-order chi connectivity index (χ1) is 10.2. The summed E-state index contributed by atoms with van der Waals surface area (Å²) in [6.07, 6.45) is 0. The van der Waals surface area contributed by atoms with Crippen molar-refractivity contribution in [3.63, 3.8) is 0 Å². The lowest BCUT2D eigenvalue weighted by Gasteiger charge is -2.29. The van der Waals surface area contributed by atoms with Crippen LogP contribution in [0.4, 0.5) is 0 Å². The molecule has 0 bridgehead atoms. The van der Waals surface area contributed by atoms with Crippen molar-refractivity contribution in [1.29, 1.82) is 0 Å². The van der Waals surface area contributed by atoms with Gasteiger partial charge in [0.15, 0.2) is 0 Å². The number of hydrogen-bond acceptors (Lipinski definition) is 5. The Morgan fingerprint density at radius 2 is 1.73 bits per heavy atom. The minimum atomic E-state index is -0.885. The highest BCUT2D eigenvalue weighted by Gasteiger charge is 2.26. The van der Waals surface area contributed by atoms with Crippen LogP contribution in [0.1, 0.15) is 38.8 Å². The summed E-state index contributed by atoms with van der Waals surface area (Å²) >= 11 is 0. The number of hydrogen-bond donors (Lipinski definition) is 0. The minimum absolute atomic E-state index is 0.0934. The number of esters is 1. The van der Waals surface area contributed by atoms with E-state index in [0.717, 1.165) is 5.56 Å². The molecule has 0 heterocycles. The largest absolute Gasteiger partial charge is 0.460 e. The molecular weight excluding hydrogens is 280 g/mol. The third-order valence-corrected chi connectivity index (χ3v) is 3.22. The van der Waals surface area contributed by atoms with E-state index in [4.69, 9.17) is 4.74 Å². The van der Waals surface area contributed by atoms with Crippen LogP contribution >= 0.6 is 0 Å². The Kier molecular flexibility index (Phi) is 5.85. The fourth-order valence-corrected chi connectivity index (χ4v) is 1.54. The van der Waals surface area contributed by atoms with E-state index in [1.807, 2.05) is 39.8 Å². The van der Waals surface area contributed by atoms with Gasteiger partial charge in [0.2, 0.25) is 0 Å². The van der Waals surface area contributed by atoms with E-state index < -0.39 is 11.8 Å². The molecule has 0 aromatic heterocycles. The van der Waals surface area contributed by atoms with E-state index >= 15 is 0 Å². The van der Waals surface area contributed by atoms with Crippen molar-refractivity contribution in [2.45, 2.75) is 40.2 Å². The molecule has 0 aliphatic carbocycles. The molecule has 0 fully saturated rings. The van der Waals surface area contributed by atoms with Gasteiger partial charge in [-0.15, -0.1) is 0 Å². The fraction of sp³-hybridized carbons (Fsp3) is 0.471. The third kappa shape index (κ3) is 4.69. The van der Waals surface area contributed by atoms with Crippen LogP contribution in [0, 0.1) is 6.92 Å². The second kappa shape index (κ2) is 7.20. The summed E-state index contributed by atoms with van der Waals surface area (Å²) in [5.41, 5.74) is 1.48. The molecule has 5 nitrogen and oxygen atoms in total. The summed E-state index contributed by atoms with van der Waals surface area (Å²) in [7, 11) is 1.77. The van der Waals surface area contributed by atoms with Gasteiger partial charge in [0.25, 0.3) is 5.78 Å². The zero-order valence-electron chi connectivity index (χ0n) is 14.1. The van der Waals surface area contributed by atoms with Gasteiger partial charge >= 0.3 is 5.97 Å². The van der Waals surface area contributed by atoms with Crippen LogP contribution in [-0.2, 0) is 14.3 Å². The number of aryl methyl sites for hydroxylation is 1. The van der Waals surface area contributed by atoms with Crippen molar-refractivity contribution < 1.29 is 14.3 Å². The first-order valence-corrected chi connectivity index (χ1v) is 7.27. The Morgan fingerprint density at radius 3 is 2.18 bits per heavy atom. The SMILES string of the molecule is CCOC(=O)C(=O)/C(=N\N(C)C(C)(C)C)c1ccc(C)cc1. The fourth-order valence-electron chi connectivity index (χ4n) is 1.54. The lowest BCUT2D eigenvalue weighted by molar-refractivity contribution is -0.150. The standard InChI is InChI=1S/C17H24N2O3/c1-7-22-16(21)15(20)14(18-19(6)17(3,4)5)13-10-8-12(2)9-11-13/h8-11H,7H2,1-6H3/b18-14-. The Balaban J connectivity index is 3.27. The van der Waals surface area contributed by atoms with Gasteiger partial charge in [0.1, 0.15) is 5.71 Å². The monoisotopic (exact) mass is 304 g/mol. The van der Waals surface area contributed by atoms with Crippen LogP contribution in [0.5, 0.6) is 0 Å². The van der Waals surface area contributed by atoms with E-state index in [-0.39, 0.29) is 17.9 Å². The summed E-state index contributed by atoms with van der Waals surface area (Å²) in [5, 5.41) is 6.02. The molecule has 0 aliphatic rings. The van der Waals surface area contributed by atoms with Crippen molar-refractivity contribution >= 4 is 17.5 Å². The molecule has 120 valence electrons. The molecule has 1 rings (SSSR count). The maximum atomic E-state index is 12.3. The van der Waals surface area contributed by atoms with Gasteiger partial charge in [-0.05, 0) is 34.6 Å². The van der Waals surface area contributed by atoms with Crippen LogP contribution in [0.3, 0.4) is 0 Å². The molecule has 0 saturated heterocycles. The minimum Gasteiger partial charge on any atom is -0.460 e. The highest BCUT2D eigenvalue weighted by atomic mass is 16.5. The summed E-state index contributed by atoms with van der Waals surface area (Å²) in [6.45, 7) is 9.68. The highest BCUT2D eigenvalue weighted by Crippen LogP contribution is 2.14. The number of benzene rings is 1. The number of ketones is 1. The Morgan fingerprint density at radius 1 is 1.18 bits per heavy atom. The van der Waals surface area contributed by atoms with Gasteiger partial charge in [-0.25, -0.2) is 4.79 Å². The van der Waals surface area contributed by atoms with Gasteiger partial charge in [-0.3, -0.25) is 9.80 Å². The van der Waals surface area contributed by atoms with Crippen molar-refractivity contribution in [3.05, 3.63) is 35.4 Å². The molecule has 1 aromatic rings. The summed E-state index contributed by atoms with van der Waals surface area (Å²) < 4.78 is 4.81. The molecule has 0 aliphatic heterocycles. The number of ether oxygens (including phenoxy) is 1. The zero-order valence-corrected chi connectivity index (χ0v) is 14.1. The molecule has 5 heteroatoms. The average molecular weight is 304 g/mol. The summed E-state index contributed by atoms with van der Waals surface area (Å²) in [5.74, 6) is -1.62. The Labute approximate surface area is 132 Å². The number of nitrogens with zero attached hydrogens (tertiary/aromatic N) is 2. The number of hydrazone groups is 1. The maximum absolute atomic E-state index is 12.3. The molecule has 0 unspecified atom stereocenters. The van der Waals surface area contributed by atoms with Crippen molar-refractivity contribution in [1.82, 2.24) is 5.01 Å². The molecule has 0 radical (unpaired) electrons. The third-order valence-electron chi connectivity index (χ3n) is 3.22. The molecule has 0 atom stereocenters. The van der Waals surface area contributed by atoms with Crippen LogP contribution in [0.15, 0.2) is 29.4 Å². The molecule has 1 aromatic carbocycles. The van der Waals surface area contributed by atoms with E-state index in [1.165, 1.54) is 0 Å². The summed E-state index contributed by atoms with van der Waals surface area (Å²) in [4.78, 5) is 24.1. The number of carbonyl (C=O) groups is 2. The topological polar surface area (TPSA) is 59.0 Å². The normalized spacial score (nSPS) is 12.0. The molecular formula is C17H24N2O3. The second-order valence-electron chi connectivity index (χ2n) is 6.06. The Hall–Kier alpha value is -2.17. The Bertz CT molecular complexity index is 569. The second-order valence-corrected chi connectivity index (χ2v) is 6.06. The lowest BCUT2D eigenvalue weighted by Crippen LogP contribution is -2.37. The average Bonchev–Trinajstić information content (AvgIpc) is 2.44. The number of Topliss-reactive ketones (excluding diaryl/α,β-unsaturated/α-hetero) is 1. The first kappa shape index (κ1) is 17.9.